The van der Waals surface area contributed by atoms with E-state index in [4.69, 9.17) is 9.47 Å². The molecule has 0 radical (unpaired) electrons. The number of hydrogen-bond acceptors (Lipinski definition) is 5. The number of hydrogen-bond donors (Lipinski definition) is 0. The van der Waals surface area contributed by atoms with Crippen molar-refractivity contribution in [1.82, 2.24) is 15.2 Å². The Morgan fingerprint density at radius 2 is 1.52 bits per heavy atom. The quantitative estimate of drug-likeness (QED) is 0.533. The van der Waals surface area contributed by atoms with Crippen LogP contribution in [0.4, 0.5) is 0 Å². The van der Waals surface area contributed by atoms with Gasteiger partial charge in [0, 0.05) is 35.2 Å². The molecule has 2 aromatic heterocycles. The van der Waals surface area contributed by atoms with Crippen LogP contribution in [0, 0.1) is 0 Å². The molecule has 0 spiro atoms. The van der Waals surface area contributed by atoms with E-state index in [2.05, 4.69) is 27.3 Å². The minimum atomic E-state index is 0.668. The zero-order valence-corrected chi connectivity index (χ0v) is 15.2. The lowest BCUT2D eigenvalue weighted by Crippen LogP contribution is -2.00. The van der Waals surface area contributed by atoms with Crippen molar-refractivity contribution >= 4 is 10.8 Å². The van der Waals surface area contributed by atoms with Crippen molar-refractivity contribution in [1.29, 1.82) is 0 Å². The molecule has 0 aliphatic rings. The van der Waals surface area contributed by atoms with Gasteiger partial charge in [0.05, 0.1) is 19.9 Å². The Morgan fingerprint density at radius 1 is 0.778 bits per heavy atom. The smallest absolute Gasteiger partial charge is 0.161 e. The normalized spacial score (nSPS) is 10.7. The standard InChI is InChI=1S/C22H19N3O2/c1-26-20-8-7-16(14-21(20)27-2)22-18-6-4-3-5-17(18)19(24-25-22)13-15-9-11-23-12-10-15/h3-12,14H,13H2,1-2H3. The second-order valence-electron chi connectivity index (χ2n) is 6.14. The van der Waals surface area contributed by atoms with Crippen LogP contribution in [0.1, 0.15) is 11.3 Å². The Bertz CT molecular complexity index is 1080. The number of pyridine rings is 1. The highest BCUT2D eigenvalue weighted by atomic mass is 16.5. The van der Waals surface area contributed by atoms with Crippen LogP contribution >= 0.6 is 0 Å². The summed E-state index contributed by atoms with van der Waals surface area (Å²) in [7, 11) is 3.25. The summed E-state index contributed by atoms with van der Waals surface area (Å²) in [6, 6.07) is 18.0. The van der Waals surface area contributed by atoms with Crippen molar-refractivity contribution in [3.63, 3.8) is 0 Å². The van der Waals surface area contributed by atoms with Gasteiger partial charge in [-0.05, 0) is 35.9 Å². The largest absolute Gasteiger partial charge is 0.493 e. The molecule has 0 unspecified atom stereocenters. The second-order valence-corrected chi connectivity index (χ2v) is 6.14. The zero-order chi connectivity index (χ0) is 18.6. The van der Waals surface area contributed by atoms with Crippen molar-refractivity contribution in [2.24, 2.45) is 0 Å². The van der Waals surface area contributed by atoms with Crippen LogP contribution in [0.15, 0.2) is 67.0 Å². The summed E-state index contributed by atoms with van der Waals surface area (Å²) in [6.45, 7) is 0. The Hall–Kier alpha value is -3.47. The highest BCUT2D eigenvalue weighted by molar-refractivity contribution is 5.95. The van der Waals surface area contributed by atoms with Crippen molar-refractivity contribution < 1.29 is 9.47 Å². The number of aromatic nitrogens is 3. The molecule has 4 aromatic rings. The van der Waals surface area contributed by atoms with Gasteiger partial charge in [0.1, 0.15) is 5.69 Å². The Labute approximate surface area is 157 Å². The molecule has 0 saturated heterocycles. The molecule has 0 N–H and O–H groups in total. The molecule has 2 aromatic carbocycles. The first kappa shape index (κ1) is 17.0. The zero-order valence-electron chi connectivity index (χ0n) is 15.2. The summed E-state index contributed by atoms with van der Waals surface area (Å²) in [6.07, 6.45) is 4.30. The number of fused-ring (bicyclic) bond motifs is 1. The number of ether oxygens (including phenoxy) is 2. The van der Waals surface area contributed by atoms with Gasteiger partial charge >= 0.3 is 0 Å². The summed E-state index contributed by atoms with van der Waals surface area (Å²) in [5.74, 6) is 1.36. The Balaban J connectivity index is 1.83. The van der Waals surface area contributed by atoms with Crippen LogP contribution in [0.5, 0.6) is 11.5 Å². The lowest BCUT2D eigenvalue weighted by molar-refractivity contribution is 0.355. The number of benzene rings is 2. The van der Waals surface area contributed by atoms with Crippen LogP contribution in [0.25, 0.3) is 22.0 Å². The molecule has 4 rings (SSSR count). The molecule has 0 amide bonds. The van der Waals surface area contributed by atoms with Gasteiger partial charge in [-0.3, -0.25) is 4.98 Å². The average Bonchev–Trinajstić information content (AvgIpc) is 2.74. The van der Waals surface area contributed by atoms with Crippen molar-refractivity contribution in [2.45, 2.75) is 6.42 Å². The average molecular weight is 357 g/mol. The maximum absolute atomic E-state index is 5.43. The maximum Gasteiger partial charge on any atom is 0.161 e. The summed E-state index contributed by atoms with van der Waals surface area (Å²) >= 11 is 0. The molecule has 0 fully saturated rings. The fraction of sp³-hybridized carbons (Fsp3) is 0.136. The van der Waals surface area contributed by atoms with E-state index >= 15 is 0 Å². The molecular formula is C22H19N3O2. The summed E-state index contributed by atoms with van der Waals surface area (Å²) in [5, 5.41) is 11.2. The first-order valence-corrected chi connectivity index (χ1v) is 8.65. The summed E-state index contributed by atoms with van der Waals surface area (Å²) in [4.78, 5) is 4.08. The minimum Gasteiger partial charge on any atom is -0.493 e. The third-order valence-corrected chi connectivity index (χ3v) is 4.54. The molecule has 0 atom stereocenters. The van der Waals surface area contributed by atoms with Crippen LogP contribution in [0.3, 0.4) is 0 Å². The number of nitrogens with zero attached hydrogens (tertiary/aromatic N) is 3. The highest BCUT2D eigenvalue weighted by Crippen LogP contribution is 2.34. The molecule has 5 heteroatoms. The monoisotopic (exact) mass is 357 g/mol. The topological polar surface area (TPSA) is 57.1 Å². The van der Waals surface area contributed by atoms with E-state index in [1.807, 2.05) is 42.5 Å². The Kier molecular flexibility index (Phi) is 4.66. The van der Waals surface area contributed by atoms with E-state index in [1.165, 1.54) is 0 Å². The van der Waals surface area contributed by atoms with Crippen molar-refractivity contribution in [3.8, 4) is 22.8 Å². The van der Waals surface area contributed by atoms with Crippen LogP contribution < -0.4 is 9.47 Å². The van der Waals surface area contributed by atoms with E-state index in [1.54, 1.807) is 26.6 Å². The molecule has 134 valence electrons. The minimum absolute atomic E-state index is 0.668. The van der Waals surface area contributed by atoms with E-state index in [-0.39, 0.29) is 0 Å². The lowest BCUT2D eigenvalue weighted by atomic mass is 10.0. The predicted molar refractivity (Wildman–Crippen MR) is 105 cm³/mol. The summed E-state index contributed by atoms with van der Waals surface area (Å²) in [5.41, 5.74) is 3.86. The second kappa shape index (κ2) is 7.41. The van der Waals surface area contributed by atoms with E-state index in [9.17, 15) is 0 Å². The highest BCUT2D eigenvalue weighted by Gasteiger charge is 2.13. The lowest BCUT2D eigenvalue weighted by Gasteiger charge is -2.12. The van der Waals surface area contributed by atoms with Gasteiger partial charge in [-0.2, -0.15) is 5.10 Å². The van der Waals surface area contributed by atoms with Gasteiger partial charge in [0.15, 0.2) is 11.5 Å². The van der Waals surface area contributed by atoms with Gasteiger partial charge in [-0.25, -0.2) is 0 Å². The number of methoxy groups -OCH3 is 2. The maximum atomic E-state index is 5.43. The molecule has 0 aliphatic carbocycles. The summed E-state index contributed by atoms with van der Waals surface area (Å²) < 4.78 is 10.8. The molecule has 0 aliphatic heterocycles. The van der Waals surface area contributed by atoms with E-state index in [0.717, 1.165) is 33.3 Å². The third-order valence-electron chi connectivity index (χ3n) is 4.54. The van der Waals surface area contributed by atoms with Gasteiger partial charge < -0.3 is 9.47 Å². The first-order chi connectivity index (χ1) is 13.3. The van der Waals surface area contributed by atoms with Gasteiger partial charge in [-0.1, -0.05) is 24.3 Å². The number of rotatable bonds is 5. The molecule has 5 nitrogen and oxygen atoms in total. The molecule has 0 saturated carbocycles. The molecule has 0 bridgehead atoms. The molecular weight excluding hydrogens is 338 g/mol. The molecule has 27 heavy (non-hydrogen) atoms. The fourth-order valence-electron chi connectivity index (χ4n) is 3.18. The first-order valence-electron chi connectivity index (χ1n) is 8.65. The van der Waals surface area contributed by atoms with Gasteiger partial charge in [0.25, 0.3) is 0 Å². The van der Waals surface area contributed by atoms with Crippen molar-refractivity contribution in [3.05, 3.63) is 78.2 Å². The van der Waals surface area contributed by atoms with Crippen LogP contribution in [-0.2, 0) is 6.42 Å². The van der Waals surface area contributed by atoms with Crippen molar-refractivity contribution in [2.75, 3.05) is 14.2 Å². The van der Waals surface area contributed by atoms with Crippen LogP contribution in [-0.4, -0.2) is 29.4 Å². The third kappa shape index (κ3) is 3.31. The SMILES string of the molecule is COc1ccc(-c2nnc(Cc3ccncc3)c3ccccc23)cc1OC. The van der Waals surface area contributed by atoms with Gasteiger partial charge in [0.2, 0.25) is 0 Å². The van der Waals surface area contributed by atoms with Crippen LogP contribution in [0.2, 0.25) is 0 Å². The van der Waals surface area contributed by atoms with E-state index < -0.39 is 0 Å². The fourth-order valence-corrected chi connectivity index (χ4v) is 3.18. The predicted octanol–water partition coefficient (Wildman–Crippen LogP) is 4.30. The Morgan fingerprint density at radius 3 is 2.26 bits per heavy atom. The van der Waals surface area contributed by atoms with Gasteiger partial charge in [-0.15, -0.1) is 5.10 Å². The molecule has 2 heterocycles. The van der Waals surface area contributed by atoms with E-state index in [0.29, 0.717) is 17.9 Å².